The highest BCUT2D eigenvalue weighted by Gasteiger charge is 1.98. The molecule has 0 spiro atoms. The molecule has 1 rings (SSSR count). The SMILES string of the molecule is CC.CC.COc1ccc(CN(C)SC)cc1. The van der Waals surface area contributed by atoms with Gasteiger partial charge < -0.3 is 4.74 Å². The van der Waals surface area contributed by atoms with Crippen molar-refractivity contribution >= 4 is 11.9 Å². The van der Waals surface area contributed by atoms with Crippen LogP contribution in [-0.4, -0.2) is 24.7 Å². The quantitative estimate of drug-likeness (QED) is 0.739. The van der Waals surface area contributed by atoms with Gasteiger partial charge in [-0.25, -0.2) is 4.31 Å². The van der Waals surface area contributed by atoms with Crippen LogP contribution >= 0.6 is 11.9 Å². The Kier molecular flexibility index (Phi) is 14.7. The van der Waals surface area contributed by atoms with Crippen LogP contribution in [0.15, 0.2) is 24.3 Å². The van der Waals surface area contributed by atoms with Crippen molar-refractivity contribution in [1.29, 1.82) is 0 Å². The third-order valence-electron chi connectivity index (χ3n) is 1.88. The van der Waals surface area contributed by atoms with E-state index in [1.54, 1.807) is 19.1 Å². The van der Waals surface area contributed by atoms with E-state index in [2.05, 4.69) is 29.7 Å². The molecular weight excluding hydrogens is 230 g/mol. The number of methoxy groups -OCH3 is 1. The van der Waals surface area contributed by atoms with Gasteiger partial charge in [-0.15, -0.1) is 0 Å². The van der Waals surface area contributed by atoms with Crippen molar-refractivity contribution in [3.8, 4) is 5.75 Å². The van der Waals surface area contributed by atoms with Crippen molar-refractivity contribution in [2.45, 2.75) is 34.2 Å². The molecule has 1 aromatic rings. The van der Waals surface area contributed by atoms with E-state index in [1.807, 2.05) is 39.8 Å². The lowest BCUT2D eigenvalue weighted by Gasteiger charge is -2.12. The van der Waals surface area contributed by atoms with Crippen molar-refractivity contribution in [1.82, 2.24) is 4.31 Å². The molecule has 1 aromatic carbocycles. The summed E-state index contributed by atoms with van der Waals surface area (Å²) in [5.41, 5.74) is 1.30. The Bertz CT molecular complexity index is 249. The summed E-state index contributed by atoms with van der Waals surface area (Å²) in [5, 5.41) is 0. The van der Waals surface area contributed by atoms with Crippen molar-refractivity contribution in [3.63, 3.8) is 0 Å². The second-order valence-corrected chi connectivity index (χ2v) is 3.81. The fourth-order valence-corrected chi connectivity index (χ4v) is 1.33. The normalized spacial score (nSPS) is 8.71. The van der Waals surface area contributed by atoms with Crippen molar-refractivity contribution in [3.05, 3.63) is 29.8 Å². The standard InChI is InChI=1S/C10H15NOS.2C2H6/c1-11(13-3)8-9-4-6-10(12-2)7-5-9;2*1-2/h4-7H,8H2,1-3H3;2*1-2H3. The zero-order valence-electron chi connectivity index (χ0n) is 12.3. The van der Waals surface area contributed by atoms with Gasteiger partial charge in [0.05, 0.1) is 7.11 Å². The third kappa shape index (κ3) is 9.07. The molecule has 0 unspecified atom stereocenters. The zero-order chi connectivity index (χ0) is 13.7. The third-order valence-corrected chi connectivity index (χ3v) is 2.63. The molecule has 3 heteroatoms. The summed E-state index contributed by atoms with van der Waals surface area (Å²) >= 11 is 1.73. The minimum atomic E-state index is 0.913. The first kappa shape index (κ1) is 18.7. The topological polar surface area (TPSA) is 12.5 Å². The first-order valence-corrected chi connectivity index (χ1v) is 7.32. The molecule has 0 saturated carbocycles. The summed E-state index contributed by atoms with van der Waals surface area (Å²) in [6.07, 6.45) is 2.07. The molecule has 0 N–H and O–H groups in total. The van der Waals surface area contributed by atoms with E-state index < -0.39 is 0 Å². The predicted octanol–water partition coefficient (Wildman–Crippen LogP) is 4.46. The molecule has 0 atom stereocenters. The molecule has 0 saturated heterocycles. The van der Waals surface area contributed by atoms with Gasteiger partial charge in [-0.3, -0.25) is 0 Å². The first-order chi connectivity index (χ1) is 8.26. The van der Waals surface area contributed by atoms with E-state index in [0.717, 1.165) is 12.3 Å². The lowest BCUT2D eigenvalue weighted by atomic mass is 10.2. The van der Waals surface area contributed by atoms with Crippen molar-refractivity contribution < 1.29 is 4.74 Å². The summed E-state index contributed by atoms with van der Waals surface area (Å²) < 4.78 is 7.26. The number of ether oxygens (including phenoxy) is 1. The number of rotatable bonds is 4. The van der Waals surface area contributed by atoms with Gasteiger partial charge in [-0.2, -0.15) is 0 Å². The molecule has 0 aliphatic heterocycles. The minimum Gasteiger partial charge on any atom is -0.497 e. The summed E-state index contributed by atoms with van der Waals surface area (Å²) in [4.78, 5) is 0. The summed E-state index contributed by atoms with van der Waals surface area (Å²) in [6, 6.07) is 8.16. The van der Waals surface area contributed by atoms with Crippen LogP contribution in [0.4, 0.5) is 0 Å². The van der Waals surface area contributed by atoms with E-state index in [0.29, 0.717) is 0 Å². The molecule has 0 aliphatic carbocycles. The first-order valence-electron chi connectivity index (χ1n) is 6.14. The molecule has 17 heavy (non-hydrogen) atoms. The van der Waals surface area contributed by atoms with Crippen LogP contribution in [0, 0.1) is 0 Å². The molecule has 0 aromatic heterocycles. The fraction of sp³-hybridized carbons (Fsp3) is 0.571. The fourth-order valence-electron chi connectivity index (χ4n) is 1.05. The molecule has 0 amide bonds. The lowest BCUT2D eigenvalue weighted by Crippen LogP contribution is -2.07. The van der Waals surface area contributed by atoms with Crippen molar-refractivity contribution in [2.24, 2.45) is 0 Å². The second-order valence-electron chi connectivity index (χ2n) is 2.82. The van der Waals surface area contributed by atoms with E-state index in [9.17, 15) is 0 Å². The van der Waals surface area contributed by atoms with Crippen LogP contribution in [0.5, 0.6) is 5.75 Å². The van der Waals surface area contributed by atoms with Crippen LogP contribution in [-0.2, 0) is 6.54 Å². The number of benzene rings is 1. The maximum Gasteiger partial charge on any atom is 0.118 e. The van der Waals surface area contributed by atoms with E-state index in [-0.39, 0.29) is 0 Å². The number of hydrogen-bond acceptors (Lipinski definition) is 3. The number of nitrogens with zero attached hydrogens (tertiary/aromatic N) is 1. The molecule has 0 bridgehead atoms. The van der Waals surface area contributed by atoms with Gasteiger partial charge in [-0.1, -0.05) is 51.8 Å². The van der Waals surface area contributed by atoms with Gasteiger partial charge >= 0.3 is 0 Å². The Labute approximate surface area is 111 Å². The van der Waals surface area contributed by atoms with Crippen LogP contribution in [0.2, 0.25) is 0 Å². The van der Waals surface area contributed by atoms with Crippen LogP contribution in [0.1, 0.15) is 33.3 Å². The molecular formula is C14H27NOS. The van der Waals surface area contributed by atoms with Gasteiger partial charge in [0, 0.05) is 6.54 Å². The monoisotopic (exact) mass is 257 g/mol. The Morgan fingerprint density at radius 1 is 1.06 bits per heavy atom. The maximum atomic E-state index is 5.08. The van der Waals surface area contributed by atoms with Crippen LogP contribution in [0.3, 0.4) is 0 Å². The summed E-state index contributed by atoms with van der Waals surface area (Å²) in [7, 11) is 3.76. The van der Waals surface area contributed by atoms with Gasteiger partial charge in [0.2, 0.25) is 0 Å². The zero-order valence-corrected chi connectivity index (χ0v) is 13.1. The summed E-state index contributed by atoms with van der Waals surface area (Å²) in [5.74, 6) is 0.913. The van der Waals surface area contributed by atoms with Crippen LogP contribution < -0.4 is 4.74 Å². The molecule has 0 radical (unpaired) electrons. The van der Waals surface area contributed by atoms with Gasteiger partial charge in [-0.05, 0) is 31.0 Å². The molecule has 0 aliphatic rings. The Morgan fingerprint density at radius 3 is 1.88 bits per heavy atom. The predicted molar refractivity (Wildman–Crippen MR) is 80.7 cm³/mol. The summed E-state index contributed by atoms with van der Waals surface area (Å²) in [6.45, 7) is 8.96. The molecule has 0 fully saturated rings. The highest BCUT2D eigenvalue weighted by Crippen LogP contribution is 2.14. The van der Waals surface area contributed by atoms with Gasteiger partial charge in [0.15, 0.2) is 0 Å². The van der Waals surface area contributed by atoms with E-state index in [1.165, 1.54) is 5.56 Å². The largest absolute Gasteiger partial charge is 0.497 e. The Hall–Kier alpha value is -0.670. The maximum absolute atomic E-state index is 5.08. The molecule has 0 heterocycles. The van der Waals surface area contributed by atoms with Gasteiger partial charge in [0.1, 0.15) is 5.75 Å². The Balaban J connectivity index is 0. The molecule has 2 nitrogen and oxygen atoms in total. The smallest absolute Gasteiger partial charge is 0.118 e. The average molecular weight is 257 g/mol. The highest BCUT2D eigenvalue weighted by molar-refractivity contribution is 7.96. The average Bonchev–Trinajstić information content (AvgIpc) is 2.44. The Morgan fingerprint density at radius 2 is 1.53 bits per heavy atom. The van der Waals surface area contributed by atoms with Crippen molar-refractivity contribution in [2.75, 3.05) is 20.4 Å². The van der Waals surface area contributed by atoms with Crippen LogP contribution in [0.25, 0.3) is 0 Å². The number of hydrogen-bond donors (Lipinski definition) is 0. The van der Waals surface area contributed by atoms with Gasteiger partial charge in [0.25, 0.3) is 0 Å². The molecule has 100 valence electrons. The highest BCUT2D eigenvalue weighted by atomic mass is 32.2. The minimum absolute atomic E-state index is 0.913. The van der Waals surface area contributed by atoms with E-state index >= 15 is 0 Å². The lowest BCUT2D eigenvalue weighted by molar-refractivity contribution is 0.414. The second kappa shape index (κ2) is 13.4. The van der Waals surface area contributed by atoms with E-state index in [4.69, 9.17) is 4.74 Å².